The number of hydrogen-bond donors (Lipinski definition) is 2. The van der Waals surface area contributed by atoms with Gasteiger partial charge in [-0.1, -0.05) is 29.8 Å². The first kappa shape index (κ1) is 23.3. The molecule has 34 heavy (non-hydrogen) atoms. The third kappa shape index (κ3) is 4.90. The van der Waals surface area contributed by atoms with E-state index < -0.39 is 11.9 Å². The SMILES string of the molecule is CCn1c(S/C(=C\c2ccc(-c3ccccc3C(=O)O)o2)C(=O)O)nnc1-c1ccc(Cl)cc1. The lowest BCUT2D eigenvalue weighted by Gasteiger charge is -2.07. The number of benzene rings is 2. The van der Waals surface area contributed by atoms with E-state index in [0.717, 1.165) is 17.3 Å². The van der Waals surface area contributed by atoms with E-state index in [4.69, 9.17) is 16.0 Å². The van der Waals surface area contributed by atoms with Crippen molar-refractivity contribution < 1.29 is 24.2 Å². The second kappa shape index (κ2) is 9.98. The number of aromatic nitrogens is 3. The molecule has 0 aliphatic carbocycles. The summed E-state index contributed by atoms with van der Waals surface area (Å²) in [7, 11) is 0. The van der Waals surface area contributed by atoms with Crippen molar-refractivity contribution in [1.82, 2.24) is 14.8 Å². The van der Waals surface area contributed by atoms with Gasteiger partial charge in [0.15, 0.2) is 11.0 Å². The molecule has 0 bridgehead atoms. The van der Waals surface area contributed by atoms with E-state index in [1.165, 1.54) is 12.1 Å². The monoisotopic (exact) mass is 495 g/mol. The maximum Gasteiger partial charge on any atom is 0.342 e. The lowest BCUT2D eigenvalue weighted by molar-refractivity contribution is -0.131. The van der Waals surface area contributed by atoms with Crippen LogP contribution in [0.3, 0.4) is 0 Å². The number of carbonyl (C=O) groups is 2. The van der Waals surface area contributed by atoms with Crippen molar-refractivity contribution in [3.05, 3.63) is 81.9 Å². The van der Waals surface area contributed by atoms with Crippen LogP contribution in [0, 0.1) is 0 Å². The molecule has 2 aromatic carbocycles. The highest BCUT2D eigenvalue weighted by Gasteiger charge is 2.19. The number of aromatic carboxylic acids is 1. The van der Waals surface area contributed by atoms with Crippen LogP contribution < -0.4 is 0 Å². The van der Waals surface area contributed by atoms with Gasteiger partial charge in [-0.05, 0) is 61.2 Å². The molecule has 10 heteroatoms. The minimum absolute atomic E-state index is 0.0304. The van der Waals surface area contributed by atoms with E-state index in [1.807, 2.05) is 19.1 Å². The molecular formula is C24H18ClN3O5S. The van der Waals surface area contributed by atoms with E-state index in [0.29, 0.717) is 33.9 Å². The molecule has 0 unspecified atom stereocenters. The van der Waals surface area contributed by atoms with Gasteiger partial charge in [-0.15, -0.1) is 10.2 Å². The van der Waals surface area contributed by atoms with Crippen LogP contribution in [0.25, 0.3) is 28.8 Å². The highest BCUT2D eigenvalue weighted by molar-refractivity contribution is 8.04. The summed E-state index contributed by atoms with van der Waals surface area (Å²) < 4.78 is 7.56. The van der Waals surface area contributed by atoms with Gasteiger partial charge < -0.3 is 19.2 Å². The maximum atomic E-state index is 12.0. The second-order valence-corrected chi connectivity index (χ2v) is 8.47. The molecule has 0 saturated heterocycles. The van der Waals surface area contributed by atoms with E-state index in [2.05, 4.69) is 10.2 Å². The zero-order chi connectivity index (χ0) is 24.2. The van der Waals surface area contributed by atoms with Gasteiger partial charge in [0.1, 0.15) is 16.4 Å². The van der Waals surface area contributed by atoms with Gasteiger partial charge >= 0.3 is 11.9 Å². The van der Waals surface area contributed by atoms with Crippen molar-refractivity contribution in [2.45, 2.75) is 18.6 Å². The van der Waals surface area contributed by atoms with Crippen molar-refractivity contribution in [1.29, 1.82) is 0 Å². The second-order valence-electron chi connectivity index (χ2n) is 7.03. The molecule has 172 valence electrons. The third-order valence-electron chi connectivity index (χ3n) is 4.87. The number of rotatable bonds is 8. The molecule has 2 aromatic heterocycles. The summed E-state index contributed by atoms with van der Waals surface area (Å²) >= 11 is 6.91. The van der Waals surface area contributed by atoms with E-state index in [9.17, 15) is 19.8 Å². The Morgan fingerprint density at radius 1 is 1.06 bits per heavy atom. The van der Waals surface area contributed by atoms with Gasteiger partial charge in [0.2, 0.25) is 0 Å². The predicted molar refractivity (Wildman–Crippen MR) is 129 cm³/mol. The van der Waals surface area contributed by atoms with Crippen molar-refractivity contribution in [3.8, 4) is 22.7 Å². The number of carboxylic acid groups (broad SMARTS) is 2. The Bertz CT molecular complexity index is 1390. The molecule has 0 atom stereocenters. The number of hydrogen-bond acceptors (Lipinski definition) is 6. The fourth-order valence-electron chi connectivity index (χ4n) is 3.28. The van der Waals surface area contributed by atoms with E-state index in [-0.39, 0.29) is 16.2 Å². The first-order valence-corrected chi connectivity index (χ1v) is 11.3. The van der Waals surface area contributed by atoms with Gasteiger partial charge in [0.05, 0.1) is 5.56 Å². The number of halogens is 1. The topological polar surface area (TPSA) is 118 Å². The van der Waals surface area contributed by atoms with Crippen molar-refractivity contribution in [3.63, 3.8) is 0 Å². The Morgan fingerprint density at radius 3 is 2.47 bits per heavy atom. The number of thioether (sulfide) groups is 1. The number of furan rings is 1. The van der Waals surface area contributed by atoms with E-state index in [1.54, 1.807) is 47.0 Å². The molecule has 0 aliphatic heterocycles. The van der Waals surface area contributed by atoms with Crippen LogP contribution in [0.2, 0.25) is 5.02 Å². The Labute approximate surface area is 203 Å². The largest absolute Gasteiger partial charge is 0.478 e. The average Bonchev–Trinajstić information content (AvgIpc) is 3.46. The third-order valence-corrected chi connectivity index (χ3v) is 6.12. The highest BCUT2D eigenvalue weighted by Crippen LogP contribution is 2.32. The molecule has 8 nitrogen and oxygen atoms in total. The summed E-state index contributed by atoms with van der Waals surface area (Å²) in [5.74, 6) is -1.06. The normalized spacial score (nSPS) is 11.5. The molecule has 0 saturated carbocycles. The summed E-state index contributed by atoms with van der Waals surface area (Å²) in [6, 6.07) is 16.8. The van der Waals surface area contributed by atoms with Crippen LogP contribution in [-0.4, -0.2) is 36.9 Å². The van der Waals surface area contributed by atoms with Crippen LogP contribution in [0.15, 0.2) is 75.1 Å². The summed E-state index contributed by atoms with van der Waals surface area (Å²) in [5, 5.41) is 28.6. The molecule has 0 fully saturated rings. The fraction of sp³-hybridized carbons (Fsp3) is 0.0833. The number of nitrogens with zero attached hydrogens (tertiary/aromatic N) is 3. The Kier molecular flexibility index (Phi) is 6.85. The minimum atomic E-state index is -1.16. The number of carboxylic acids is 2. The lowest BCUT2D eigenvalue weighted by atomic mass is 10.1. The van der Waals surface area contributed by atoms with Crippen LogP contribution in [0.1, 0.15) is 23.0 Å². The van der Waals surface area contributed by atoms with Crippen LogP contribution >= 0.6 is 23.4 Å². The zero-order valence-electron chi connectivity index (χ0n) is 17.8. The van der Waals surface area contributed by atoms with Gasteiger partial charge in [0, 0.05) is 28.8 Å². The standard InChI is InChI=1S/C24H18ClN3O5S/c1-2-28-21(14-7-9-15(25)10-8-14)26-27-24(28)34-20(23(31)32)13-16-11-12-19(33-16)17-5-3-4-6-18(17)22(29)30/h3-13H,2H2,1H3,(H,29,30)(H,31,32)/b20-13-. The summed E-state index contributed by atoms with van der Waals surface area (Å²) in [5.41, 5.74) is 1.29. The number of aliphatic carboxylic acids is 1. The van der Waals surface area contributed by atoms with Gasteiger partial charge in [0.25, 0.3) is 0 Å². The van der Waals surface area contributed by atoms with E-state index >= 15 is 0 Å². The van der Waals surface area contributed by atoms with Gasteiger partial charge in [-0.2, -0.15) is 0 Å². The smallest absolute Gasteiger partial charge is 0.342 e. The maximum absolute atomic E-state index is 12.0. The highest BCUT2D eigenvalue weighted by atomic mass is 35.5. The molecule has 2 N–H and O–H groups in total. The van der Waals surface area contributed by atoms with Gasteiger partial charge in [-0.25, -0.2) is 9.59 Å². The predicted octanol–water partition coefficient (Wildman–Crippen LogP) is 5.79. The zero-order valence-corrected chi connectivity index (χ0v) is 19.4. The van der Waals surface area contributed by atoms with Crippen LogP contribution in [0.5, 0.6) is 0 Å². The molecular weight excluding hydrogens is 478 g/mol. The molecule has 4 aromatic rings. The van der Waals surface area contributed by atoms with Crippen LogP contribution in [-0.2, 0) is 11.3 Å². The Hall–Kier alpha value is -3.82. The van der Waals surface area contributed by atoms with Crippen molar-refractivity contribution in [2.75, 3.05) is 0 Å². The first-order valence-electron chi connectivity index (χ1n) is 10.1. The molecule has 4 rings (SSSR count). The lowest BCUT2D eigenvalue weighted by Crippen LogP contribution is -2.02. The quantitative estimate of drug-likeness (QED) is 0.233. The summed E-state index contributed by atoms with van der Waals surface area (Å²) in [6.45, 7) is 2.44. The minimum Gasteiger partial charge on any atom is -0.478 e. The molecule has 0 radical (unpaired) electrons. The fourth-order valence-corrected chi connectivity index (χ4v) is 4.28. The van der Waals surface area contributed by atoms with Gasteiger partial charge in [-0.3, -0.25) is 0 Å². The average molecular weight is 496 g/mol. The van der Waals surface area contributed by atoms with Crippen molar-refractivity contribution in [2.24, 2.45) is 0 Å². The first-order chi connectivity index (χ1) is 16.4. The summed E-state index contributed by atoms with van der Waals surface area (Å²) in [6.07, 6.45) is 1.37. The Balaban J connectivity index is 1.65. The molecule has 0 spiro atoms. The molecule has 0 amide bonds. The van der Waals surface area contributed by atoms with Crippen molar-refractivity contribution >= 4 is 41.4 Å². The summed E-state index contributed by atoms with van der Waals surface area (Å²) in [4.78, 5) is 23.4. The van der Waals surface area contributed by atoms with Crippen LogP contribution in [0.4, 0.5) is 0 Å². The molecule has 2 heterocycles. The Morgan fingerprint density at radius 2 is 1.79 bits per heavy atom. The molecule has 0 aliphatic rings.